The maximum absolute atomic E-state index is 9.42. The van der Waals surface area contributed by atoms with Crippen LogP contribution in [0, 0.1) is 0 Å². The van der Waals surface area contributed by atoms with Gasteiger partial charge >= 0.3 is 0 Å². The van der Waals surface area contributed by atoms with Crippen LogP contribution < -0.4 is 4.74 Å². The fraction of sp³-hybridized carbons (Fsp3) is 0.609. The van der Waals surface area contributed by atoms with Crippen LogP contribution in [0.25, 0.3) is 0 Å². The number of hydrogen-bond acceptors (Lipinski definition) is 4. The summed E-state index contributed by atoms with van der Waals surface area (Å²) in [5, 5.41) is 1.53. The first-order valence-corrected chi connectivity index (χ1v) is 9.33. The van der Waals surface area contributed by atoms with E-state index in [1.165, 1.54) is 30.7 Å². The topological polar surface area (TPSA) is 31.4 Å². The lowest BCUT2D eigenvalue weighted by Gasteiger charge is -2.46. The van der Waals surface area contributed by atoms with E-state index in [2.05, 4.69) is 4.98 Å². The van der Waals surface area contributed by atoms with E-state index >= 15 is 0 Å². The predicted octanol–water partition coefficient (Wildman–Crippen LogP) is 5.93. The number of aromatic nitrogens is 1. The van der Waals surface area contributed by atoms with Gasteiger partial charge in [-0.15, -0.1) is 11.3 Å². The van der Waals surface area contributed by atoms with Gasteiger partial charge in [0.2, 0.25) is 0 Å². The number of nitrogens with zero attached hydrogens (tertiary/aromatic N) is 1. The zero-order chi connectivity index (χ0) is 32.9. The van der Waals surface area contributed by atoms with Gasteiger partial charge in [0.05, 0.1) is 12.7 Å². The van der Waals surface area contributed by atoms with E-state index < -0.39 is 87.1 Å². The van der Waals surface area contributed by atoms with Gasteiger partial charge in [0.1, 0.15) is 5.75 Å². The maximum atomic E-state index is 9.42. The Bertz CT molecular complexity index is 1340. The van der Waals surface area contributed by atoms with Crippen LogP contribution in [0.5, 0.6) is 5.75 Å². The van der Waals surface area contributed by atoms with E-state index in [4.69, 9.17) is 28.7 Å². The molecule has 1 saturated carbocycles. The Labute approximate surface area is 189 Å². The summed E-state index contributed by atoms with van der Waals surface area (Å²) in [6.07, 6.45) is -28.0. The van der Waals surface area contributed by atoms with Crippen LogP contribution >= 0.6 is 11.3 Å². The molecule has 1 aliphatic carbocycles. The highest BCUT2D eigenvalue weighted by atomic mass is 32.1. The lowest BCUT2D eigenvalue weighted by Crippen LogP contribution is -2.46. The third-order valence-electron chi connectivity index (χ3n) is 4.31. The third-order valence-corrected chi connectivity index (χ3v) is 5.16. The number of ether oxygens (including phenoxy) is 2. The van der Waals surface area contributed by atoms with E-state index in [-0.39, 0.29) is 10.6 Å². The summed E-state index contributed by atoms with van der Waals surface area (Å²) in [6.45, 7) is -1.28. The Kier molecular flexibility index (Phi) is 2.40. The molecule has 1 atom stereocenters. The molecule has 0 bridgehead atoms. The van der Waals surface area contributed by atoms with Crippen LogP contribution in [0.15, 0.2) is 35.8 Å². The van der Waals surface area contributed by atoms with Gasteiger partial charge in [-0.2, -0.15) is 0 Å². The van der Waals surface area contributed by atoms with Crippen molar-refractivity contribution < 1.29 is 31.4 Å². The van der Waals surface area contributed by atoms with Gasteiger partial charge in [0.25, 0.3) is 0 Å². The smallest absolute Gasteiger partial charge is 0.132 e. The summed E-state index contributed by atoms with van der Waals surface area (Å²) < 4.78 is 151. The fourth-order valence-corrected chi connectivity index (χ4v) is 3.75. The Hall–Kier alpha value is -1.39. The number of rotatable bonds is 7. The maximum Gasteiger partial charge on any atom is 0.132 e. The molecule has 0 amide bonds. The van der Waals surface area contributed by atoms with Crippen LogP contribution in [0.3, 0.4) is 0 Å². The molecule has 4 rings (SSSR count). The number of pyridine rings is 1. The summed E-state index contributed by atoms with van der Waals surface area (Å²) in [6, 6.07) is 5.36. The third kappa shape index (κ3) is 4.07. The van der Waals surface area contributed by atoms with Crippen molar-refractivity contribution in [3.05, 3.63) is 46.4 Å². The van der Waals surface area contributed by atoms with Crippen LogP contribution in [0.4, 0.5) is 0 Å². The minimum atomic E-state index is -3.78. The molecule has 1 aliphatic heterocycles. The van der Waals surface area contributed by atoms with Gasteiger partial charge in [-0.3, -0.25) is 4.98 Å². The lowest BCUT2D eigenvalue weighted by molar-refractivity contribution is -0.104. The van der Waals surface area contributed by atoms with Crippen molar-refractivity contribution in [1.29, 1.82) is 0 Å². The zero-order valence-corrected chi connectivity index (χ0v) is 15.6. The number of thiophene rings is 1. The molecule has 2 fully saturated rings. The average molecular weight is 402 g/mol. The quantitative estimate of drug-likeness (QED) is 0.576. The first-order chi connectivity index (χ1) is 19.3. The molecule has 3 heterocycles. The van der Waals surface area contributed by atoms with Crippen LogP contribution in [-0.2, 0) is 16.5 Å². The van der Waals surface area contributed by atoms with E-state index in [1.807, 2.05) is 0 Å². The Morgan fingerprint density at radius 3 is 2.96 bits per heavy atom. The van der Waals surface area contributed by atoms with Crippen molar-refractivity contribution in [2.45, 2.75) is 74.8 Å². The molecule has 0 N–H and O–H groups in total. The van der Waals surface area contributed by atoms with E-state index in [1.54, 1.807) is 0 Å². The molecule has 146 valence electrons. The summed E-state index contributed by atoms with van der Waals surface area (Å²) in [5.74, 6) is 0.137. The molecule has 2 aromatic rings. The Morgan fingerprint density at radius 2 is 2.19 bits per heavy atom. The van der Waals surface area contributed by atoms with Gasteiger partial charge in [-0.1, -0.05) is 25.2 Å². The Balaban J connectivity index is 2.02. The average Bonchev–Trinajstić information content (AvgIpc) is 3.37. The highest BCUT2D eigenvalue weighted by molar-refractivity contribution is 7.10. The second kappa shape index (κ2) is 8.32. The molecule has 0 radical (unpaired) electrons. The van der Waals surface area contributed by atoms with Gasteiger partial charge in [-0.05, 0) is 68.3 Å². The van der Waals surface area contributed by atoms with Crippen LogP contribution in [0.1, 0.15) is 90.0 Å². The fourth-order valence-electron chi connectivity index (χ4n) is 3.00. The largest absolute Gasteiger partial charge is 0.496 e. The van der Waals surface area contributed by atoms with Crippen molar-refractivity contribution in [3.63, 3.8) is 0 Å². The van der Waals surface area contributed by atoms with Gasteiger partial charge < -0.3 is 9.47 Å². The summed E-state index contributed by atoms with van der Waals surface area (Å²) in [7, 11) is 1.30. The molecular weight excluding hydrogens is 354 g/mol. The summed E-state index contributed by atoms with van der Waals surface area (Å²) in [4.78, 5) is 4.12. The molecule has 0 aromatic carbocycles. The predicted molar refractivity (Wildman–Crippen MR) is 111 cm³/mol. The van der Waals surface area contributed by atoms with Crippen molar-refractivity contribution in [3.8, 4) is 5.75 Å². The number of hydrogen-bond donors (Lipinski definition) is 0. The highest BCUT2D eigenvalue weighted by Gasteiger charge is 2.48. The van der Waals surface area contributed by atoms with Crippen LogP contribution in [0.2, 0.25) is 0 Å². The van der Waals surface area contributed by atoms with Crippen molar-refractivity contribution in [1.82, 2.24) is 4.98 Å². The molecule has 2 aromatic heterocycles. The molecule has 0 unspecified atom stereocenters. The molecule has 27 heavy (non-hydrogen) atoms. The van der Waals surface area contributed by atoms with E-state index in [0.717, 1.165) is 23.6 Å². The molecule has 3 nitrogen and oxygen atoms in total. The minimum Gasteiger partial charge on any atom is -0.496 e. The monoisotopic (exact) mass is 401 g/mol. The molecular formula is C23H31NO2S. The van der Waals surface area contributed by atoms with Gasteiger partial charge in [-0.25, -0.2) is 0 Å². The summed E-state index contributed by atoms with van der Waals surface area (Å²) >= 11 is 0.947. The van der Waals surface area contributed by atoms with Gasteiger partial charge in [0, 0.05) is 50.7 Å². The van der Waals surface area contributed by atoms with Crippen LogP contribution in [-0.4, -0.2) is 24.3 Å². The normalized spacial score (nSPS) is 45.4. The first-order valence-electron chi connectivity index (χ1n) is 16.5. The molecule has 4 heteroatoms. The standard InChI is InChI=1S/C23H31NO2S/c1-25-19-10-17-27-20(19)8-2-4-11-22(21-9-3-7-15-24-21)14-16-26-23(18-22)12-5-6-13-23/h3,7,9-10,15,17H,2,4-6,8,11-14,16,18H2,1H3/t22-/m1/s1/i4D2,5D2,6D2,8D2,12D2,13D2,14D2,18D2. The molecule has 2 aliphatic rings. The molecule has 1 spiro atoms. The lowest BCUT2D eigenvalue weighted by atomic mass is 9.67. The van der Waals surface area contributed by atoms with Gasteiger partial charge in [0.15, 0.2) is 0 Å². The first kappa shape index (κ1) is 7.79. The summed E-state index contributed by atoms with van der Waals surface area (Å²) in [5.41, 5.74) is -7.11. The second-order valence-electron chi connectivity index (χ2n) is 5.99. The van der Waals surface area contributed by atoms with E-state index in [0.29, 0.717) is 0 Å². The number of methoxy groups -OCH3 is 1. The van der Waals surface area contributed by atoms with Crippen molar-refractivity contribution >= 4 is 11.3 Å². The zero-order valence-electron chi connectivity index (χ0n) is 30.8. The molecule has 1 saturated heterocycles. The highest BCUT2D eigenvalue weighted by Crippen LogP contribution is 2.50. The Morgan fingerprint density at radius 1 is 1.30 bits per heavy atom. The SMILES string of the molecule is [2H]C([2H])(CC([2H])([2H])c1sccc1OC)C[C@@]1(c2ccccn2)C([2H])([2H])COC2(C([2H])([2H])C([2H])([2H])C([2H])([2H])C2([2H])[2H])C1([2H])[2H]. The van der Waals surface area contributed by atoms with Crippen molar-refractivity contribution in [2.24, 2.45) is 0 Å². The second-order valence-corrected chi connectivity index (χ2v) is 6.91. The number of aryl methyl sites for hydroxylation is 1. The van der Waals surface area contributed by atoms with E-state index in [9.17, 15) is 2.74 Å². The van der Waals surface area contributed by atoms with Crippen molar-refractivity contribution in [2.75, 3.05) is 13.7 Å². The minimum absolute atomic E-state index is 0.0186.